The van der Waals surface area contributed by atoms with Gasteiger partial charge in [0.2, 0.25) is 11.8 Å². The molecule has 2 N–H and O–H groups in total. The van der Waals surface area contributed by atoms with Crippen LogP contribution >= 0.6 is 11.6 Å². The van der Waals surface area contributed by atoms with Gasteiger partial charge >= 0.3 is 0 Å². The highest BCUT2D eigenvalue weighted by Gasteiger charge is 2.22. The van der Waals surface area contributed by atoms with Crippen molar-refractivity contribution in [3.8, 4) is 5.75 Å². The number of carbonyl (C=O) groups excluding carboxylic acids is 2. The van der Waals surface area contributed by atoms with Crippen molar-refractivity contribution in [1.82, 2.24) is 10.2 Å². The van der Waals surface area contributed by atoms with E-state index in [4.69, 9.17) is 16.3 Å². The molecule has 0 aliphatic heterocycles. The number of carbonyl (C=O) groups is 2. The molecule has 0 radical (unpaired) electrons. The zero-order valence-corrected chi connectivity index (χ0v) is 17.1. The number of hydrogen-bond donors (Lipinski definition) is 2. The zero-order valence-electron chi connectivity index (χ0n) is 16.4. The normalized spacial score (nSPS) is 11.8. The second kappa shape index (κ2) is 10.7. The smallest absolute Gasteiger partial charge is 0.238 e. The van der Waals surface area contributed by atoms with E-state index in [0.29, 0.717) is 29.5 Å². The number of para-hydroxylation sites is 2. The van der Waals surface area contributed by atoms with Gasteiger partial charge in [0.05, 0.1) is 25.4 Å². The zero-order chi connectivity index (χ0) is 20.5. The summed E-state index contributed by atoms with van der Waals surface area (Å²) in [5.74, 6) is 0.248. The minimum absolute atomic E-state index is 0.101. The number of amides is 2. The fraction of sp³-hybridized carbons (Fsp3) is 0.333. The molecule has 2 amide bonds. The van der Waals surface area contributed by atoms with E-state index in [2.05, 4.69) is 10.6 Å². The number of nitrogens with one attached hydrogen (secondary N) is 2. The molecule has 2 rings (SSSR count). The summed E-state index contributed by atoms with van der Waals surface area (Å²) in [5, 5.41) is 6.39. The highest BCUT2D eigenvalue weighted by Crippen LogP contribution is 2.22. The lowest BCUT2D eigenvalue weighted by Gasteiger charge is -2.26. The van der Waals surface area contributed by atoms with Crippen LogP contribution in [-0.4, -0.2) is 43.0 Å². The Bertz CT molecular complexity index is 796. The molecule has 7 heteroatoms. The van der Waals surface area contributed by atoms with Crippen molar-refractivity contribution in [2.45, 2.75) is 26.4 Å². The van der Waals surface area contributed by atoms with Gasteiger partial charge in [-0.2, -0.15) is 0 Å². The summed E-state index contributed by atoms with van der Waals surface area (Å²) in [6.45, 7) is 4.78. The van der Waals surface area contributed by atoms with Gasteiger partial charge in [-0.3, -0.25) is 14.5 Å². The third kappa shape index (κ3) is 6.25. The maximum atomic E-state index is 12.5. The van der Waals surface area contributed by atoms with Crippen molar-refractivity contribution in [1.29, 1.82) is 0 Å². The quantitative estimate of drug-likeness (QED) is 0.673. The maximum Gasteiger partial charge on any atom is 0.238 e. The molecule has 28 heavy (non-hydrogen) atoms. The van der Waals surface area contributed by atoms with Crippen molar-refractivity contribution >= 4 is 29.1 Å². The fourth-order valence-corrected chi connectivity index (χ4v) is 2.88. The van der Waals surface area contributed by atoms with Gasteiger partial charge in [0.15, 0.2) is 0 Å². The third-order valence-corrected chi connectivity index (χ3v) is 4.69. The summed E-state index contributed by atoms with van der Waals surface area (Å²) in [5.41, 5.74) is 1.56. The van der Waals surface area contributed by atoms with Crippen LogP contribution in [0.5, 0.6) is 5.75 Å². The molecule has 0 spiro atoms. The van der Waals surface area contributed by atoms with Gasteiger partial charge < -0.3 is 15.4 Å². The van der Waals surface area contributed by atoms with E-state index in [9.17, 15) is 9.59 Å². The van der Waals surface area contributed by atoms with Crippen LogP contribution < -0.4 is 15.4 Å². The molecular weight excluding hydrogens is 378 g/mol. The minimum atomic E-state index is -0.444. The lowest BCUT2D eigenvalue weighted by molar-refractivity contribution is -0.127. The Balaban J connectivity index is 1.90. The Morgan fingerprint density at radius 3 is 2.46 bits per heavy atom. The molecule has 0 aromatic heterocycles. The van der Waals surface area contributed by atoms with Crippen LogP contribution in [0.2, 0.25) is 5.02 Å². The van der Waals surface area contributed by atoms with E-state index in [1.54, 1.807) is 38.3 Å². The van der Waals surface area contributed by atoms with E-state index < -0.39 is 6.04 Å². The summed E-state index contributed by atoms with van der Waals surface area (Å²) in [6, 6.07) is 14.1. The molecule has 2 aromatic carbocycles. The first-order valence-electron chi connectivity index (χ1n) is 9.13. The summed E-state index contributed by atoms with van der Waals surface area (Å²) < 4.78 is 5.24. The average Bonchev–Trinajstić information content (AvgIpc) is 2.71. The standard InChI is InChI=1S/C21H26ClN3O3/c1-4-25(14-20(26)24-18-7-5-6-8-19(18)28-3)15(2)21(27)23-13-16-9-11-17(22)12-10-16/h5-12,15H,4,13-14H2,1-3H3,(H,23,27)(H,24,26). The molecule has 150 valence electrons. The van der Waals surface area contributed by atoms with E-state index in [0.717, 1.165) is 5.56 Å². The van der Waals surface area contributed by atoms with Gasteiger partial charge in [-0.15, -0.1) is 0 Å². The Labute approximate surface area is 170 Å². The van der Waals surface area contributed by atoms with Gasteiger partial charge in [0.25, 0.3) is 0 Å². The number of ether oxygens (including phenoxy) is 1. The summed E-state index contributed by atoms with van der Waals surface area (Å²) in [6.07, 6.45) is 0. The van der Waals surface area contributed by atoms with Crippen LogP contribution in [0.25, 0.3) is 0 Å². The molecule has 0 saturated carbocycles. The Hall–Kier alpha value is -2.57. The van der Waals surface area contributed by atoms with Crippen molar-refractivity contribution in [3.05, 3.63) is 59.1 Å². The molecule has 0 aliphatic rings. The predicted molar refractivity (Wildman–Crippen MR) is 112 cm³/mol. The predicted octanol–water partition coefficient (Wildman–Crippen LogP) is 3.31. The molecule has 2 aromatic rings. The molecule has 0 saturated heterocycles. The molecule has 6 nitrogen and oxygen atoms in total. The highest BCUT2D eigenvalue weighted by molar-refractivity contribution is 6.30. The fourth-order valence-electron chi connectivity index (χ4n) is 2.75. The largest absolute Gasteiger partial charge is 0.495 e. The number of hydrogen-bond acceptors (Lipinski definition) is 4. The Morgan fingerprint density at radius 2 is 1.82 bits per heavy atom. The lowest BCUT2D eigenvalue weighted by atomic mass is 10.2. The van der Waals surface area contributed by atoms with E-state index in [1.165, 1.54) is 0 Å². The topological polar surface area (TPSA) is 70.7 Å². The van der Waals surface area contributed by atoms with Crippen molar-refractivity contribution < 1.29 is 14.3 Å². The van der Waals surface area contributed by atoms with Gasteiger partial charge in [0.1, 0.15) is 5.75 Å². The molecule has 0 heterocycles. The number of nitrogens with zero attached hydrogens (tertiary/aromatic N) is 1. The second-order valence-electron chi connectivity index (χ2n) is 6.33. The van der Waals surface area contributed by atoms with Gasteiger partial charge in [-0.05, 0) is 43.3 Å². The molecule has 0 bridgehead atoms. The van der Waals surface area contributed by atoms with Crippen LogP contribution in [0.15, 0.2) is 48.5 Å². The number of halogens is 1. The summed E-state index contributed by atoms with van der Waals surface area (Å²) >= 11 is 5.87. The van der Waals surface area contributed by atoms with Crippen LogP contribution in [0.4, 0.5) is 5.69 Å². The number of methoxy groups -OCH3 is 1. The molecular formula is C21H26ClN3O3. The summed E-state index contributed by atoms with van der Waals surface area (Å²) in [7, 11) is 1.55. The van der Waals surface area contributed by atoms with Crippen LogP contribution in [0.3, 0.4) is 0 Å². The Kier molecular flexibility index (Phi) is 8.29. The van der Waals surface area contributed by atoms with E-state index in [-0.39, 0.29) is 18.4 Å². The molecule has 0 aliphatic carbocycles. The van der Waals surface area contributed by atoms with Crippen LogP contribution in [0, 0.1) is 0 Å². The van der Waals surface area contributed by atoms with E-state index in [1.807, 2.05) is 36.1 Å². The monoisotopic (exact) mass is 403 g/mol. The minimum Gasteiger partial charge on any atom is -0.495 e. The van der Waals surface area contributed by atoms with Crippen molar-refractivity contribution in [2.75, 3.05) is 25.5 Å². The molecule has 0 fully saturated rings. The molecule has 1 atom stereocenters. The van der Waals surface area contributed by atoms with E-state index >= 15 is 0 Å². The number of rotatable bonds is 9. The van der Waals surface area contributed by atoms with Crippen molar-refractivity contribution in [3.63, 3.8) is 0 Å². The summed E-state index contributed by atoms with van der Waals surface area (Å²) in [4.78, 5) is 26.7. The maximum absolute atomic E-state index is 12.5. The molecule has 1 unspecified atom stereocenters. The number of likely N-dealkylation sites (N-methyl/N-ethyl adjacent to an activating group) is 1. The SMILES string of the molecule is CCN(CC(=O)Nc1ccccc1OC)C(C)C(=O)NCc1ccc(Cl)cc1. The first-order chi connectivity index (χ1) is 13.4. The second-order valence-corrected chi connectivity index (χ2v) is 6.77. The first-order valence-corrected chi connectivity index (χ1v) is 9.51. The lowest BCUT2D eigenvalue weighted by Crippen LogP contribution is -2.47. The van der Waals surface area contributed by atoms with Crippen LogP contribution in [0.1, 0.15) is 19.4 Å². The van der Waals surface area contributed by atoms with Crippen LogP contribution in [-0.2, 0) is 16.1 Å². The number of anilines is 1. The third-order valence-electron chi connectivity index (χ3n) is 4.44. The van der Waals surface area contributed by atoms with Gasteiger partial charge in [-0.25, -0.2) is 0 Å². The van der Waals surface area contributed by atoms with Crippen molar-refractivity contribution in [2.24, 2.45) is 0 Å². The average molecular weight is 404 g/mol. The first kappa shape index (κ1) is 21.7. The highest BCUT2D eigenvalue weighted by atomic mass is 35.5. The number of benzene rings is 2. The van der Waals surface area contributed by atoms with Gasteiger partial charge in [-0.1, -0.05) is 42.8 Å². The Morgan fingerprint density at radius 1 is 1.14 bits per heavy atom. The van der Waals surface area contributed by atoms with Gasteiger partial charge in [0, 0.05) is 11.6 Å².